The predicted molar refractivity (Wildman–Crippen MR) is 273 cm³/mol. The second-order valence-corrected chi connectivity index (χ2v) is 22.7. The molecule has 3 aromatic carbocycles. The number of aliphatic hydroxyl groups is 1. The van der Waals surface area contributed by atoms with Crippen LogP contribution in [0.3, 0.4) is 0 Å². The number of carbonyl (C=O) groups is 4. The SMILES string of the molecule is Cc1ncsc1-c1ccc([C@H](C)NC(=O)C2C[C@@H](O)CN2C(=O)C(NC(=O)CN2CCC(OCCOc3ccc(C(=O)N[C@H]4C(C)(C)[C@H](Oc5ccc(C#N)c(Cl)c5)C4(C)C)cc3)CC2)C(C)(C)C)cc1. The van der Waals surface area contributed by atoms with Crippen LogP contribution in [0.5, 0.6) is 11.5 Å². The Balaban J connectivity index is 0.816. The Hall–Kier alpha value is -5.57. The number of β-amino-alcohol motifs (C(OH)–C–C–N with tert-alkyl or cyclic N) is 1. The van der Waals surface area contributed by atoms with E-state index in [1.807, 2.05) is 69.3 Å². The number of hydrogen-bond donors (Lipinski definition) is 4. The minimum atomic E-state index is -0.922. The molecule has 3 fully saturated rings. The maximum absolute atomic E-state index is 14.2. The number of amides is 4. The number of ether oxygens (including phenoxy) is 3. The van der Waals surface area contributed by atoms with E-state index in [0.29, 0.717) is 54.0 Å². The second kappa shape index (κ2) is 22.0. The van der Waals surface area contributed by atoms with Gasteiger partial charge in [0, 0.05) is 54.6 Å². The third kappa shape index (κ3) is 12.4. The van der Waals surface area contributed by atoms with Crippen molar-refractivity contribution in [1.82, 2.24) is 30.7 Å². The van der Waals surface area contributed by atoms with E-state index in [1.54, 1.807) is 53.8 Å². The van der Waals surface area contributed by atoms with E-state index >= 15 is 0 Å². The number of nitrogens with zero attached hydrogens (tertiary/aromatic N) is 4. The maximum atomic E-state index is 14.2. The van der Waals surface area contributed by atoms with Gasteiger partial charge in [0.25, 0.3) is 5.91 Å². The highest BCUT2D eigenvalue weighted by Gasteiger charge is 2.64. The van der Waals surface area contributed by atoms with Crippen molar-refractivity contribution in [2.75, 3.05) is 39.4 Å². The summed E-state index contributed by atoms with van der Waals surface area (Å²) in [6.07, 6.45) is 0.465. The molecule has 7 rings (SSSR count). The van der Waals surface area contributed by atoms with Crippen molar-refractivity contribution in [3.8, 4) is 28.0 Å². The van der Waals surface area contributed by atoms with E-state index in [0.717, 1.165) is 34.5 Å². The number of rotatable bonds is 17. The number of halogens is 1. The third-order valence-corrected chi connectivity index (χ3v) is 15.5. The normalized spacial score (nSPS) is 21.8. The van der Waals surface area contributed by atoms with Crippen molar-refractivity contribution >= 4 is 46.6 Å². The molecule has 15 nitrogen and oxygen atoms in total. The molecule has 17 heteroatoms. The van der Waals surface area contributed by atoms with Crippen LogP contribution in [-0.4, -0.2) is 119 Å². The molecule has 3 aliphatic rings. The third-order valence-electron chi connectivity index (χ3n) is 14.2. The first-order chi connectivity index (χ1) is 33.6. The van der Waals surface area contributed by atoms with Crippen LogP contribution in [0.25, 0.3) is 10.4 Å². The Morgan fingerprint density at radius 3 is 2.23 bits per heavy atom. The van der Waals surface area contributed by atoms with Gasteiger partial charge in [0.2, 0.25) is 17.7 Å². The molecule has 4 aromatic rings. The van der Waals surface area contributed by atoms with E-state index < -0.39 is 40.3 Å². The lowest BCUT2D eigenvalue weighted by Gasteiger charge is -2.63. The zero-order valence-corrected chi connectivity index (χ0v) is 43.8. The summed E-state index contributed by atoms with van der Waals surface area (Å²) < 4.78 is 18.4. The lowest BCUT2D eigenvalue weighted by atomic mass is 9.49. The van der Waals surface area contributed by atoms with Crippen molar-refractivity contribution in [3.63, 3.8) is 0 Å². The Labute approximate surface area is 426 Å². The minimum absolute atomic E-state index is 0.000369. The van der Waals surface area contributed by atoms with Crippen LogP contribution < -0.4 is 25.4 Å². The molecule has 3 heterocycles. The largest absolute Gasteiger partial charge is 0.491 e. The second-order valence-electron chi connectivity index (χ2n) is 21.4. The molecule has 0 radical (unpaired) electrons. The Morgan fingerprint density at radius 1 is 0.958 bits per heavy atom. The zero-order valence-electron chi connectivity index (χ0n) is 42.2. The van der Waals surface area contributed by atoms with Crippen LogP contribution in [0.1, 0.15) is 108 Å². The monoisotopic (exact) mass is 1010 g/mol. The lowest BCUT2D eigenvalue weighted by Crippen LogP contribution is -2.74. The van der Waals surface area contributed by atoms with Gasteiger partial charge in [-0.2, -0.15) is 5.26 Å². The summed E-state index contributed by atoms with van der Waals surface area (Å²) in [4.78, 5) is 63.8. The first kappa shape index (κ1) is 53.2. The maximum Gasteiger partial charge on any atom is 0.251 e. The number of likely N-dealkylation sites (tertiary alicyclic amines) is 2. The number of aryl methyl sites for hydroxylation is 1. The highest BCUT2D eigenvalue weighted by atomic mass is 35.5. The Kier molecular flexibility index (Phi) is 16.5. The van der Waals surface area contributed by atoms with Gasteiger partial charge in [-0.15, -0.1) is 11.3 Å². The van der Waals surface area contributed by atoms with Crippen LogP contribution in [0.2, 0.25) is 5.02 Å². The van der Waals surface area contributed by atoms with Crippen LogP contribution >= 0.6 is 22.9 Å². The van der Waals surface area contributed by atoms with E-state index in [-0.39, 0.29) is 61.5 Å². The van der Waals surface area contributed by atoms with Gasteiger partial charge in [0.1, 0.15) is 42.4 Å². The molecular formula is C54H68ClN7O8S. The average Bonchev–Trinajstić information content (AvgIpc) is 3.95. The van der Waals surface area contributed by atoms with Gasteiger partial charge < -0.3 is 40.2 Å². The van der Waals surface area contributed by atoms with E-state index in [1.165, 1.54) is 4.90 Å². The number of nitriles is 1. The van der Waals surface area contributed by atoms with Crippen molar-refractivity contribution in [1.29, 1.82) is 5.26 Å². The minimum Gasteiger partial charge on any atom is -0.491 e. The molecule has 0 spiro atoms. The van der Waals surface area contributed by atoms with Crippen molar-refractivity contribution in [3.05, 3.63) is 99.6 Å². The number of nitrogens with one attached hydrogen (secondary N) is 3. The molecule has 4 N–H and O–H groups in total. The number of hydrogen-bond acceptors (Lipinski definition) is 12. The summed E-state index contributed by atoms with van der Waals surface area (Å²) in [6.45, 7) is 19.8. The van der Waals surface area contributed by atoms with E-state index in [4.69, 9.17) is 25.8 Å². The summed E-state index contributed by atoms with van der Waals surface area (Å²) in [5, 5.41) is 29.5. The van der Waals surface area contributed by atoms with Crippen LogP contribution in [-0.2, 0) is 19.1 Å². The molecule has 380 valence electrons. The van der Waals surface area contributed by atoms with Crippen molar-refractivity contribution in [2.45, 2.75) is 124 Å². The quantitative estimate of drug-likeness (QED) is 0.0766. The predicted octanol–water partition coefficient (Wildman–Crippen LogP) is 7.49. The number of aromatic nitrogens is 1. The van der Waals surface area contributed by atoms with Crippen molar-refractivity contribution < 1.29 is 38.5 Å². The number of thiazole rings is 1. The van der Waals surface area contributed by atoms with Gasteiger partial charge in [-0.3, -0.25) is 24.1 Å². The zero-order chi connectivity index (χ0) is 51.4. The Bertz CT molecular complexity index is 2570. The first-order valence-corrected chi connectivity index (χ1v) is 25.6. The van der Waals surface area contributed by atoms with Gasteiger partial charge in [0.05, 0.1) is 58.1 Å². The molecule has 0 bridgehead atoms. The summed E-state index contributed by atoms with van der Waals surface area (Å²) in [5.41, 5.74) is 4.17. The van der Waals surface area contributed by atoms with Crippen molar-refractivity contribution in [2.24, 2.45) is 16.2 Å². The molecule has 1 aromatic heterocycles. The Morgan fingerprint density at radius 2 is 1.62 bits per heavy atom. The van der Waals surface area contributed by atoms with Crippen LogP contribution in [0.15, 0.2) is 72.2 Å². The fraction of sp³-hybridized carbons (Fsp3) is 0.519. The van der Waals surface area contributed by atoms with Gasteiger partial charge in [-0.25, -0.2) is 4.98 Å². The molecule has 71 heavy (non-hydrogen) atoms. The summed E-state index contributed by atoms with van der Waals surface area (Å²) in [6, 6.07) is 19.7. The van der Waals surface area contributed by atoms with Crippen LogP contribution in [0.4, 0.5) is 0 Å². The first-order valence-electron chi connectivity index (χ1n) is 24.4. The molecule has 2 unspecified atom stereocenters. The summed E-state index contributed by atoms with van der Waals surface area (Å²) in [5.74, 6) is -0.0495. The van der Waals surface area contributed by atoms with Crippen LogP contribution in [0, 0.1) is 34.5 Å². The van der Waals surface area contributed by atoms with Gasteiger partial charge >= 0.3 is 0 Å². The summed E-state index contributed by atoms with van der Waals surface area (Å²) >= 11 is 7.82. The molecule has 2 aliphatic heterocycles. The molecule has 1 saturated carbocycles. The molecule has 1 aliphatic carbocycles. The highest BCUT2D eigenvalue weighted by Crippen LogP contribution is 2.55. The fourth-order valence-electron chi connectivity index (χ4n) is 10.5. The molecule has 4 amide bonds. The number of carbonyl (C=O) groups excluding carboxylic acids is 4. The van der Waals surface area contributed by atoms with E-state index in [2.05, 4.69) is 54.7 Å². The number of benzene rings is 3. The highest BCUT2D eigenvalue weighted by molar-refractivity contribution is 7.13. The molecular weight excluding hydrogens is 942 g/mol. The van der Waals surface area contributed by atoms with E-state index in [9.17, 15) is 29.5 Å². The topological polar surface area (TPSA) is 195 Å². The lowest BCUT2D eigenvalue weighted by molar-refractivity contribution is -0.164. The molecule has 2 saturated heterocycles. The standard InChI is InChI=1S/C54H68ClN7O8S/c1-32(34-10-12-35(13-11-34)45-33(2)57-31-71-45)58-48(66)43-26-38(63)29-62(43)49(67)46(52(3,4)5)59-44(64)30-61-22-20-40(21-23-61)69-25-24-68-39-17-14-36(15-18-39)47(65)60-50-53(6,7)51(54(50,8)9)70-41-19-16-37(28-56)42(55)27-41/h10-19,27,31-32,38,40,43,46,50-51,63H,20-26,29-30H2,1-9H3,(H,58,66)(H,59,64)(H,60,65)/t32-,38+,43?,46?,50-,51-/m0/s1. The number of piperidine rings is 1. The average molecular weight is 1010 g/mol. The van der Waals surface area contributed by atoms with Gasteiger partial charge in [0.15, 0.2) is 0 Å². The smallest absolute Gasteiger partial charge is 0.251 e. The fourth-order valence-corrected chi connectivity index (χ4v) is 11.6. The molecule has 4 atom stereocenters. The number of aliphatic hydroxyl groups excluding tert-OH is 1. The summed E-state index contributed by atoms with van der Waals surface area (Å²) in [7, 11) is 0. The van der Waals surface area contributed by atoms with Gasteiger partial charge in [-0.05, 0) is 79.6 Å². The van der Waals surface area contributed by atoms with Gasteiger partial charge in [-0.1, -0.05) is 84.3 Å².